The van der Waals surface area contributed by atoms with E-state index in [1.807, 2.05) is 24.3 Å². The molecule has 1 aliphatic rings. The summed E-state index contributed by atoms with van der Waals surface area (Å²) in [5.74, 6) is -0.0578. The summed E-state index contributed by atoms with van der Waals surface area (Å²) in [7, 11) is 2.15. The van der Waals surface area contributed by atoms with Crippen LogP contribution in [0, 0.1) is 0 Å². The van der Waals surface area contributed by atoms with Crippen LogP contribution in [0.5, 0.6) is 0 Å². The van der Waals surface area contributed by atoms with Crippen LogP contribution in [-0.2, 0) is 4.79 Å². The highest BCUT2D eigenvalue weighted by atomic mass is 35.5. The third-order valence-electron chi connectivity index (χ3n) is 3.61. The van der Waals surface area contributed by atoms with Gasteiger partial charge in [-0.2, -0.15) is 0 Å². The fourth-order valence-corrected chi connectivity index (χ4v) is 2.68. The molecule has 110 valence electrons. The van der Waals surface area contributed by atoms with E-state index in [0.29, 0.717) is 0 Å². The number of likely N-dealkylation sites (N-methyl/N-ethyl adjacent to an activating group) is 1. The topological polar surface area (TPSA) is 35.6 Å². The second kappa shape index (κ2) is 7.07. The van der Waals surface area contributed by atoms with Gasteiger partial charge in [0.2, 0.25) is 5.91 Å². The molecule has 1 amide bonds. The summed E-state index contributed by atoms with van der Waals surface area (Å²) in [6, 6.07) is 7.77. The Bertz CT molecular complexity index is 441. The summed E-state index contributed by atoms with van der Waals surface area (Å²) in [6.45, 7) is 6.73. The van der Waals surface area contributed by atoms with Crippen LogP contribution in [0.4, 0.5) is 5.69 Å². The second-order valence-corrected chi connectivity index (χ2v) is 5.90. The first-order valence-corrected chi connectivity index (χ1v) is 7.41. The minimum Gasteiger partial charge on any atom is -0.326 e. The van der Waals surface area contributed by atoms with Gasteiger partial charge in [0, 0.05) is 45.3 Å². The molecule has 1 fully saturated rings. The second-order valence-electron chi connectivity index (χ2n) is 5.37. The molecule has 0 bridgehead atoms. The maximum absolute atomic E-state index is 11.0. The van der Waals surface area contributed by atoms with Crippen molar-refractivity contribution in [1.29, 1.82) is 0 Å². The first kappa shape index (κ1) is 15.3. The highest BCUT2D eigenvalue weighted by Gasteiger charge is 2.18. The molecule has 0 aliphatic carbocycles. The van der Waals surface area contributed by atoms with E-state index in [4.69, 9.17) is 11.6 Å². The first-order valence-electron chi connectivity index (χ1n) is 6.97. The highest BCUT2D eigenvalue weighted by Crippen LogP contribution is 2.23. The summed E-state index contributed by atoms with van der Waals surface area (Å²) in [6.07, 6.45) is 0. The molecular weight excluding hydrogens is 274 g/mol. The smallest absolute Gasteiger partial charge is 0.221 e. The molecule has 4 nitrogen and oxygen atoms in total. The minimum atomic E-state index is -0.0578. The van der Waals surface area contributed by atoms with Gasteiger partial charge in [-0.25, -0.2) is 0 Å². The van der Waals surface area contributed by atoms with E-state index in [1.165, 1.54) is 6.92 Å². The monoisotopic (exact) mass is 295 g/mol. The van der Waals surface area contributed by atoms with E-state index >= 15 is 0 Å². The predicted octanol–water partition coefficient (Wildman–Crippen LogP) is 2.17. The number of hydrogen-bond donors (Lipinski definition) is 1. The van der Waals surface area contributed by atoms with Gasteiger partial charge >= 0.3 is 0 Å². The quantitative estimate of drug-likeness (QED) is 0.865. The standard InChI is InChI=1S/C15H22ClN3O/c1-12(20)17-14-5-3-13(4-6-14)15(16)11-19-9-7-18(2)8-10-19/h3-6,15H,7-11H2,1-2H3,(H,17,20). The molecule has 1 saturated heterocycles. The largest absolute Gasteiger partial charge is 0.326 e. The number of alkyl halides is 1. The minimum absolute atomic E-state index is 0.00946. The average Bonchev–Trinajstić information content (AvgIpc) is 2.41. The molecule has 0 saturated carbocycles. The Morgan fingerprint density at radius 3 is 2.40 bits per heavy atom. The Labute approximate surface area is 125 Å². The van der Waals surface area contributed by atoms with Crippen LogP contribution < -0.4 is 5.32 Å². The Kier molecular flexibility index (Phi) is 5.40. The summed E-state index contributed by atoms with van der Waals surface area (Å²) in [5, 5.41) is 2.75. The summed E-state index contributed by atoms with van der Waals surface area (Å²) in [4.78, 5) is 15.7. The maximum Gasteiger partial charge on any atom is 0.221 e. The van der Waals surface area contributed by atoms with Crippen molar-refractivity contribution in [2.45, 2.75) is 12.3 Å². The number of halogens is 1. The molecule has 20 heavy (non-hydrogen) atoms. The fraction of sp³-hybridized carbons (Fsp3) is 0.533. The number of amides is 1. The Morgan fingerprint density at radius 2 is 1.85 bits per heavy atom. The van der Waals surface area contributed by atoms with Crippen LogP contribution in [0.25, 0.3) is 0 Å². The lowest BCUT2D eigenvalue weighted by molar-refractivity contribution is -0.114. The van der Waals surface area contributed by atoms with Gasteiger partial charge in [0.1, 0.15) is 0 Å². The van der Waals surface area contributed by atoms with E-state index < -0.39 is 0 Å². The van der Waals surface area contributed by atoms with Gasteiger partial charge in [0.25, 0.3) is 0 Å². The Morgan fingerprint density at radius 1 is 1.25 bits per heavy atom. The van der Waals surface area contributed by atoms with Crippen molar-refractivity contribution in [1.82, 2.24) is 9.80 Å². The van der Waals surface area contributed by atoms with Crippen LogP contribution >= 0.6 is 11.6 Å². The lowest BCUT2D eigenvalue weighted by atomic mass is 10.1. The summed E-state index contributed by atoms with van der Waals surface area (Å²) in [5.41, 5.74) is 1.91. The number of anilines is 1. The summed E-state index contributed by atoms with van der Waals surface area (Å²) >= 11 is 6.49. The first-order chi connectivity index (χ1) is 9.54. The van der Waals surface area contributed by atoms with Gasteiger partial charge < -0.3 is 10.2 Å². The molecule has 1 N–H and O–H groups in total. The number of hydrogen-bond acceptors (Lipinski definition) is 3. The van der Waals surface area contributed by atoms with Crippen molar-refractivity contribution in [2.24, 2.45) is 0 Å². The number of carbonyl (C=O) groups is 1. The van der Waals surface area contributed by atoms with E-state index in [9.17, 15) is 4.79 Å². The van der Waals surface area contributed by atoms with Crippen LogP contribution in [-0.4, -0.2) is 55.5 Å². The predicted molar refractivity (Wildman–Crippen MR) is 83.3 cm³/mol. The zero-order valence-corrected chi connectivity index (χ0v) is 12.9. The van der Waals surface area contributed by atoms with Crippen molar-refractivity contribution in [3.05, 3.63) is 29.8 Å². The number of carbonyl (C=O) groups excluding carboxylic acids is 1. The van der Waals surface area contributed by atoms with E-state index in [2.05, 4.69) is 22.2 Å². The van der Waals surface area contributed by atoms with Crippen molar-refractivity contribution in [2.75, 3.05) is 45.1 Å². The zero-order chi connectivity index (χ0) is 14.5. The molecule has 1 atom stereocenters. The molecule has 0 radical (unpaired) electrons. The molecule has 0 spiro atoms. The maximum atomic E-state index is 11.0. The van der Waals surface area contributed by atoms with Gasteiger partial charge in [0.15, 0.2) is 0 Å². The number of piperazine rings is 1. The third kappa shape index (κ3) is 4.47. The number of benzene rings is 1. The van der Waals surface area contributed by atoms with Gasteiger partial charge in [-0.3, -0.25) is 9.69 Å². The van der Waals surface area contributed by atoms with Gasteiger partial charge in [-0.1, -0.05) is 12.1 Å². The van der Waals surface area contributed by atoms with Crippen LogP contribution in [0.1, 0.15) is 17.9 Å². The lowest BCUT2D eigenvalue weighted by Crippen LogP contribution is -2.45. The average molecular weight is 296 g/mol. The Hall–Kier alpha value is -1.10. The third-order valence-corrected chi connectivity index (χ3v) is 4.00. The van der Waals surface area contributed by atoms with Gasteiger partial charge in [-0.05, 0) is 24.7 Å². The SMILES string of the molecule is CC(=O)Nc1ccc(C(Cl)CN2CCN(C)CC2)cc1. The molecule has 1 aliphatic heterocycles. The molecule has 1 unspecified atom stereocenters. The number of rotatable bonds is 4. The molecule has 1 aromatic carbocycles. The van der Waals surface area contributed by atoms with Crippen LogP contribution in [0.3, 0.4) is 0 Å². The fourth-order valence-electron chi connectivity index (χ4n) is 2.34. The normalized spacial score (nSPS) is 18.8. The lowest BCUT2D eigenvalue weighted by Gasteiger charge is -2.33. The van der Waals surface area contributed by atoms with Crippen molar-refractivity contribution in [3.8, 4) is 0 Å². The molecule has 1 heterocycles. The zero-order valence-electron chi connectivity index (χ0n) is 12.1. The molecular formula is C15H22ClN3O. The van der Waals surface area contributed by atoms with Gasteiger partial charge in [0.05, 0.1) is 5.38 Å². The summed E-state index contributed by atoms with van der Waals surface area (Å²) < 4.78 is 0. The number of nitrogens with one attached hydrogen (secondary N) is 1. The highest BCUT2D eigenvalue weighted by molar-refractivity contribution is 6.21. The Balaban J connectivity index is 1.88. The van der Waals surface area contributed by atoms with Crippen molar-refractivity contribution in [3.63, 3.8) is 0 Å². The van der Waals surface area contributed by atoms with Crippen molar-refractivity contribution >= 4 is 23.2 Å². The molecule has 2 rings (SSSR count). The molecule has 0 aromatic heterocycles. The molecule has 1 aromatic rings. The van der Waals surface area contributed by atoms with E-state index in [0.717, 1.165) is 44.0 Å². The van der Waals surface area contributed by atoms with E-state index in [1.54, 1.807) is 0 Å². The van der Waals surface area contributed by atoms with Crippen LogP contribution in [0.15, 0.2) is 24.3 Å². The number of nitrogens with zero attached hydrogens (tertiary/aromatic N) is 2. The van der Waals surface area contributed by atoms with Crippen molar-refractivity contribution < 1.29 is 4.79 Å². The molecule has 5 heteroatoms. The van der Waals surface area contributed by atoms with Crippen LogP contribution in [0.2, 0.25) is 0 Å². The van der Waals surface area contributed by atoms with E-state index in [-0.39, 0.29) is 11.3 Å². The van der Waals surface area contributed by atoms with Gasteiger partial charge in [-0.15, -0.1) is 11.6 Å².